The third-order valence-corrected chi connectivity index (χ3v) is 1.68. The van der Waals surface area contributed by atoms with Crippen molar-refractivity contribution >= 4 is 11.6 Å². The quantitative estimate of drug-likeness (QED) is 0.600. The van der Waals surface area contributed by atoms with Gasteiger partial charge in [0.1, 0.15) is 0 Å². The Morgan fingerprint density at radius 3 is 2.92 bits per heavy atom. The van der Waals surface area contributed by atoms with Crippen LogP contribution in [0.15, 0.2) is 12.1 Å². The van der Waals surface area contributed by atoms with Crippen molar-refractivity contribution in [3.05, 3.63) is 23.8 Å². The summed E-state index contributed by atoms with van der Waals surface area (Å²) in [5, 5.41) is 8.98. The minimum absolute atomic E-state index is 0.126. The fourth-order valence-electron chi connectivity index (χ4n) is 1.10. The number of fused-ring (bicyclic) bond motifs is 1. The molecule has 1 aromatic rings. The molecule has 0 fully saturated rings. The molecule has 1 heterocycles. The van der Waals surface area contributed by atoms with Gasteiger partial charge in [0.25, 0.3) is 5.69 Å². The van der Waals surface area contributed by atoms with E-state index in [0.717, 1.165) is 6.07 Å². The lowest BCUT2D eigenvalue weighted by Gasteiger charge is -2.08. The van der Waals surface area contributed by atoms with Gasteiger partial charge >= 0.3 is 5.90 Å². The summed E-state index contributed by atoms with van der Waals surface area (Å²) in [4.78, 5) is 2.47. The van der Waals surface area contributed by atoms with E-state index in [9.17, 15) is 8.78 Å². The van der Waals surface area contributed by atoms with Crippen molar-refractivity contribution in [2.24, 2.45) is 0 Å². The van der Waals surface area contributed by atoms with Crippen LogP contribution in [0, 0.1) is 11.6 Å². The van der Waals surface area contributed by atoms with Crippen LogP contribution in [0.3, 0.4) is 0 Å². The van der Waals surface area contributed by atoms with Crippen molar-refractivity contribution < 1.29 is 23.6 Å². The average molecular weight is 186 g/mol. The van der Waals surface area contributed by atoms with E-state index < -0.39 is 11.6 Å². The third kappa shape index (κ3) is 1.22. The first-order valence-electron chi connectivity index (χ1n) is 3.61. The van der Waals surface area contributed by atoms with Crippen LogP contribution < -0.4 is 9.73 Å². The number of benzene rings is 1. The standard InChI is InChI=1S/C8H5F2NO2/c9-4-1-2-5-8(7(4)10)13-3-6(12)11-5/h1-2H,3H2,(H,11,12)/p+1. The van der Waals surface area contributed by atoms with Crippen LogP contribution in [0.4, 0.5) is 14.5 Å². The molecule has 1 aliphatic rings. The van der Waals surface area contributed by atoms with Gasteiger partial charge in [0.05, 0.1) is 0 Å². The van der Waals surface area contributed by atoms with Crippen LogP contribution in [0.2, 0.25) is 0 Å². The Morgan fingerprint density at radius 2 is 2.15 bits per heavy atom. The first-order valence-corrected chi connectivity index (χ1v) is 3.61. The number of ether oxygens (including phenoxy) is 1. The van der Waals surface area contributed by atoms with E-state index in [2.05, 4.69) is 4.99 Å². The van der Waals surface area contributed by atoms with Crippen molar-refractivity contribution in [3.63, 3.8) is 0 Å². The molecule has 1 aliphatic heterocycles. The Labute approximate surface area is 72.3 Å². The van der Waals surface area contributed by atoms with Crippen LogP contribution in [0.5, 0.6) is 5.75 Å². The molecule has 3 nitrogen and oxygen atoms in total. The molecule has 0 bridgehead atoms. The van der Waals surface area contributed by atoms with Gasteiger partial charge in [-0.05, 0) is 6.07 Å². The van der Waals surface area contributed by atoms with Crippen LogP contribution >= 0.6 is 0 Å². The molecule has 0 radical (unpaired) electrons. The van der Waals surface area contributed by atoms with Gasteiger partial charge in [0.15, 0.2) is 5.82 Å². The Hall–Kier alpha value is -1.65. The zero-order valence-electron chi connectivity index (χ0n) is 6.47. The second-order valence-corrected chi connectivity index (χ2v) is 2.60. The third-order valence-electron chi connectivity index (χ3n) is 1.68. The number of halogens is 2. The maximum Gasteiger partial charge on any atom is 0.377 e. The second kappa shape index (κ2) is 2.69. The van der Waals surface area contributed by atoms with Gasteiger partial charge in [-0.25, -0.2) is 4.39 Å². The molecule has 1 aromatic carbocycles. The molecule has 0 saturated heterocycles. The van der Waals surface area contributed by atoms with Crippen molar-refractivity contribution in [1.82, 2.24) is 0 Å². The number of hydrogen-bond acceptors (Lipinski definition) is 1. The van der Waals surface area contributed by atoms with E-state index in [4.69, 9.17) is 9.84 Å². The highest BCUT2D eigenvalue weighted by Crippen LogP contribution is 2.26. The molecule has 5 heteroatoms. The first kappa shape index (κ1) is 7.97. The number of rotatable bonds is 0. The molecule has 0 aromatic heterocycles. The summed E-state index contributed by atoms with van der Waals surface area (Å²) in [5.41, 5.74) is 0.225. The average Bonchev–Trinajstić information content (AvgIpc) is 2.12. The molecule has 2 rings (SSSR count). The molecule has 2 N–H and O–H groups in total. The molecule has 0 saturated carbocycles. The summed E-state index contributed by atoms with van der Waals surface area (Å²) in [6.07, 6.45) is 0. The fraction of sp³-hybridized carbons (Fsp3) is 0.125. The molecule has 0 spiro atoms. The van der Waals surface area contributed by atoms with Gasteiger partial charge in [-0.1, -0.05) is 0 Å². The molecular weight excluding hydrogens is 180 g/mol. The van der Waals surface area contributed by atoms with Gasteiger partial charge < -0.3 is 9.84 Å². The van der Waals surface area contributed by atoms with Crippen molar-refractivity contribution in [1.29, 1.82) is 0 Å². The Bertz CT molecular complexity index is 390. The maximum absolute atomic E-state index is 13.0. The molecule has 0 aliphatic carbocycles. The van der Waals surface area contributed by atoms with Crippen LogP contribution in [-0.2, 0) is 0 Å². The molecule has 68 valence electrons. The van der Waals surface area contributed by atoms with E-state index >= 15 is 0 Å². The van der Waals surface area contributed by atoms with E-state index in [1.54, 1.807) is 0 Å². The van der Waals surface area contributed by atoms with E-state index in [1.807, 2.05) is 0 Å². The van der Waals surface area contributed by atoms with Gasteiger partial charge in [0.2, 0.25) is 18.2 Å². The lowest BCUT2D eigenvalue weighted by Crippen LogP contribution is -2.69. The lowest BCUT2D eigenvalue weighted by molar-refractivity contribution is -0.374. The largest absolute Gasteiger partial charge is 0.470 e. The van der Waals surface area contributed by atoms with E-state index in [-0.39, 0.29) is 23.9 Å². The first-order chi connectivity index (χ1) is 6.18. The van der Waals surface area contributed by atoms with Crippen LogP contribution in [0.1, 0.15) is 0 Å². The highest BCUT2D eigenvalue weighted by Gasteiger charge is 2.24. The van der Waals surface area contributed by atoms with E-state index in [1.165, 1.54) is 6.07 Å². The minimum Gasteiger partial charge on any atom is -0.470 e. The van der Waals surface area contributed by atoms with E-state index in [0.29, 0.717) is 0 Å². The fourth-order valence-corrected chi connectivity index (χ4v) is 1.10. The summed E-state index contributed by atoms with van der Waals surface area (Å²) < 4.78 is 30.4. The predicted molar refractivity (Wildman–Crippen MR) is 40.1 cm³/mol. The number of aliphatic hydroxyl groups excluding tert-OH is 1. The lowest BCUT2D eigenvalue weighted by atomic mass is 10.2. The molecule has 0 amide bonds. The summed E-state index contributed by atoms with van der Waals surface area (Å²) in [5.74, 6) is -2.34. The van der Waals surface area contributed by atoms with Gasteiger partial charge in [-0.15, -0.1) is 0 Å². The predicted octanol–water partition coefficient (Wildman–Crippen LogP) is 0.0258. The molecule has 0 unspecified atom stereocenters. The Balaban J connectivity index is 2.61. The molecule has 13 heavy (non-hydrogen) atoms. The van der Waals surface area contributed by atoms with Crippen molar-refractivity contribution in [3.8, 4) is 5.75 Å². The van der Waals surface area contributed by atoms with Crippen molar-refractivity contribution in [2.75, 3.05) is 6.61 Å². The molecule has 0 atom stereocenters. The Morgan fingerprint density at radius 1 is 1.38 bits per heavy atom. The summed E-state index contributed by atoms with van der Waals surface area (Å²) in [7, 11) is 0. The summed E-state index contributed by atoms with van der Waals surface area (Å²) in [6.45, 7) is -0.173. The SMILES string of the molecule is OC1=[NH+]c2ccc(F)c(F)c2OC1. The zero-order valence-corrected chi connectivity index (χ0v) is 6.47. The van der Waals surface area contributed by atoms with Gasteiger partial charge in [-0.2, -0.15) is 9.38 Å². The van der Waals surface area contributed by atoms with Crippen LogP contribution in [0.25, 0.3) is 0 Å². The Kier molecular flexibility index (Phi) is 1.65. The number of aliphatic hydroxyl groups is 1. The maximum atomic E-state index is 13.0. The summed E-state index contributed by atoms with van der Waals surface area (Å²) >= 11 is 0. The zero-order chi connectivity index (χ0) is 9.42. The minimum atomic E-state index is -1.04. The topological polar surface area (TPSA) is 43.4 Å². The highest BCUT2D eigenvalue weighted by atomic mass is 19.2. The van der Waals surface area contributed by atoms with Gasteiger partial charge in [0, 0.05) is 6.07 Å². The van der Waals surface area contributed by atoms with Gasteiger partial charge in [-0.3, -0.25) is 0 Å². The normalized spacial score (nSPS) is 14.5. The highest BCUT2D eigenvalue weighted by molar-refractivity contribution is 5.72. The smallest absolute Gasteiger partial charge is 0.377 e. The number of hydrogen-bond donors (Lipinski definition) is 2. The van der Waals surface area contributed by atoms with Crippen molar-refractivity contribution in [2.45, 2.75) is 0 Å². The second-order valence-electron chi connectivity index (χ2n) is 2.60. The number of nitrogens with one attached hydrogen (secondary N) is 1. The molecular formula is C8H6F2NO2+. The monoisotopic (exact) mass is 186 g/mol. The van der Waals surface area contributed by atoms with Crippen LogP contribution in [-0.4, -0.2) is 17.6 Å². The summed E-state index contributed by atoms with van der Waals surface area (Å²) in [6, 6.07) is 2.26.